The quantitative estimate of drug-likeness (QED) is 0.553. The van der Waals surface area contributed by atoms with E-state index in [0.717, 1.165) is 25.2 Å². The Labute approximate surface area is 130 Å². The van der Waals surface area contributed by atoms with Gasteiger partial charge >= 0.3 is 0 Å². The summed E-state index contributed by atoms with van der Waals surface area (Å²) in [7, 11) is 0. The maximum atomic E-state index is 9.27. The second-order valence-corrected chi connectivity index (χ2v) is 5.92. The fraction of sp³-hybridized carbons (Fsp3) is 0.882. The number of aliphatic hydroxyl groups is 1. The zero-order valence-corrected chi connectivity index (χ0v) is 14.0. The van der Waals surface area contributed by atoms with Gasteiger partial charge in [0.05, 0.1) is 0 Å². The van der Waals surface area contributed by atoms with Crippen LogP contribution in [0.3, 0.4) is 0 Å². The number of unbranched alkanes of at least 4 members (excludes halogenated alkanes) is 8. The molecule has 1 heterocycles. The molecule has 1 N–H and O–H groups in total. The summed E-state index contributed by atoms with van der Waals surface area (Å²) >= 11 is 0. The van der Waals surface area contributed by atoms with Gasteiger partial charge in [0.2, 0.25) is 0 Å². The first-order chi connectivity index (χ1) is 10.3. The summed E-state index contributed by atoms with van der Waals surface area (Å²) in [6.07, 6.45) is 14.1. The summed E-state index contributed by atoms with van der Waals surface area (Å²) < 4.78 is 2.09. The van der Waals surface area contributed by atoms with E-state index in [2.05, 4.69) is 28.6 Å². The molecule has 0 amide bonds. The third-order valence-corrected chi connectivity index (χ3v) is 4.00. The van der Waals surface area contributed by atoms with E-state index in [4.69, 9.17) is 0 Å². The highest BCUT2D eigenvalue weighted by Crippen LogP contribution is 2.12. The number of hydrogen-bond donors (Lipinski definition) is 1. The van der Waals surface area contributed by atoms with Crippen molar-refractivity contribution in [3.8, 4) is 0 Å². The first-order valence-corrected chi connectivity index (χ1v) is 8.85. The highest BCUT2D eigenvalue weighted by Gasteiger charge is 2.09. The topological polar surface area (TPSA) is 50.9 Å². The van der Waals surface area contributed by atoms with E-state index in [0.29, 0.717) is 5.82 Å². The number of aliphatic hydroxyl groups excluding tert-OH is 1. The van der Waals surface area contributed by atoms with Crippen molar-refractivity contribution in [3.05, 3.63) is 11.6 Å². The monoisotopic (exact) mass is 295 g/mol. The Bertz CT molecular complexity index is 363. The molecular weight excluding hydrogens is 262 g/mol. The lowest BCUT2D eigenvalue weighted by atomic mass is 10.1. The highest BCUT2D eigenvalue weighted by molar-refractivity contribution is 4.95. The minimum absolute atomic E-state index is 0.00917. The molecular formula is C17H33N3O. The Kier molecular flexibility index (Phi) is 10.1. The van der Waals surface area contributed by atoms with Gasteiger partial charge in [0, 0.05) is 13.0 Å². The second kappa shape index (κ2) is 11.7. The zero-order valence-electron chi connectivity index (χ0n) is 14.0. The van der Waals surface area contributed by atoms with Crippen molar-refractivity contribution >= 4 is 0 Å². The number of aromatic nitrogens is 3. The molecule has 1 rings (SSSR count). The Balaban J connectivity index is 2.13. The van der Waals surface area contributed by atoms with Gasteiger partial charge in [0.1, 0.15) is 12.4 Å². The molecule has 0 radical (unpaired) electrons. The van der Waals surface area contributed by atoms with Crippen molar-refractivity contribution < 1.29 is 5.11 Å². The van der Waals surface area contributed by atoms with Gasteiger partial charge < -0.3 is 9.67 Å². The van der Waals surface area contributed by atoms with Crippen molar-refractivity contribution in [1.82, 2.24) is 14.8 Å². The number of aryl methyl sites for hydroxylation is 1. The standard InChI is InChI=1S/C17H33N3O/c1-3-5-6-7-8-9-10-11-12-13-16-18-19-17(15-21)20(16)14-4-2/h21H,3-15H2,1-2H3. The van der Waals surface area contributed by atoms with Gasteiger partial charge in [0.15, 0.2) is 5.82 Å². The third kappa shape index (κ3) is 7.07. The summed E-state index contributed by atoms with van der Waals surface area (Å²) in [6.45, 7) is 5.31. The average Bonchev–Trinajstić information content (AvgIpc) is 2.88. The van der Waals surface area contributed by atoms with Crippen LogP contribution in [0, 0.1) is 0 Å². The normalized spacial score (nSPS) is 11.2. The van der Waals surface area contributed by atoms with Crippen molar-refractivity contribution in [2.45, 2.75) is 97.6 Å². The van der Waals surface area contributed by atoms with E-state index in [1.807, 2.05) is 0 Å². The van der Waals surface area contributed by atoms with Gasteiger partial charge in [-0.3, -0.25) is 0 Å². The van der Waals surface area contributed by atoms with Crippen LogP contribution < -0.4 is 0 Å². The molecule has 0 spiro atoms. The van der Waals surface area contributed by atoms with Crippen LogP contribution in [0.2, 0.25) is 0 Å². The molecule has 1 aromatic rings. The predicted molar refractivity (Wildman–Crippen MR) is 87.2 cm³/mol. The smallest absolute Gasteiger partial charge is 0.158 e. The summed E-state index contributed by atoms with van der Waals surface area (Å²) in [5, 5.41) is 17.6. The van der Waals surface area contributed by atoms with Crippen LogP contribution in [0.4, 0.5) is 0 Å². The van der Waals surface area contributed by atoms with Crippen LogP contribution in [0.1, 0.15) is 89.7 Å². The Morgan fingerprint density at radius 3 is 1.90 bits per heavy atom. The van der Waals surface area contributed by atoms with Crippen molar-refractivity contribution in [1.29, 1.82) is 0 Å². The molecule has 1 aromatic heterocycles. The van der Waals surface area contributed by atoms with Crippen LogP contribution >= 0.6 is 0 Å². The van der Waals surface area contributed by atoms with Gasteiger partial charge in [-0.2, -0.15) is 0 Å². The van der Waals surface area contributed by atoms with Gasteiger partial charge in [-0.05, 0) is 12.8 Å². The van der Waals surface area contributed by atoms with E-state index in [1.165, 1.54) is 57.8 Å². The molecule has 0 fully saturated rings. The Morgan fingerprint density at radius 2 is 1.33 bits per heavy atom. The molecule has 0 aromatic carbocycles. The largest absolute Gasteiger partial charge is 0.388 e. The average molecular weight is 295 g/mol. The molecule has 0 aliphatic carbocycles. The van der Waals surface area contributed by atoms with Crippen LogP contribution in [0.15, 0.2) is 0 Å². The van der Waals surface area contributed by atoms with E-state index in [1.54, 1.807) is 0 Å². The van der Waals surface area contributed by atoms with Crippen molar-refractivity contribution in [2.75, 3.05) is 0 Å². The van der Waals surface area contributed by atoms with Crippen molar-refractivity contribution in [3.63, 3.8) is 0 Å². The Hall–Kier alpha value is -0.900. The minimum atomic E-state index is -0.00917. The summed E-state index contributed by atoms with van der Waals surface area (Å²) in [4.78, 5) is 0. The second-order valence-electron chi connectivity index (χ2n) is 5.92. The molecule has 0 atom stereocenters. The number of hydrogen-bond acceptors (Lipinski definition) is 3. The molecule has 0 saturated carbocycles. The summed E-state index contributed by atoms with van der Waals surface area (Å²) in [6, 6.07) is 0. The minimum Gasteiger partial charge on any atom is -0.388 e. The Morgan fingerprint density at radius 1 is 0.762 bits per heavy atom. The van der Waals surface area contributed by atoms with Crippen LogP contribution in [0.5, 0.6) is 0 Å². The van der Waals surface area contributed by atoms with E-state index >= 15 is 0 Å². The number of rotatable bonds is 13. The molecule has 122 valence electrons. The van der Waals surface area contributed by atoms with E-state index in [-0.39, 0.29) is 6.61 Å². The molecule has 4 heteroatoms. The molecule has 4 nitrogen and oxygen atoms in total. The first-order valence-electron chi connectivity index (χ1n) is 8.85. The predicted octanol–water partition coefficient (Wildman–Crippen LogP) is 4.25. The lowest BCUT2D eigenvalue weighted by molar-refractivity contribution is 0.264. The third-order valence-electron chi connectivity index (χ3n) is 4.00. The molecule has 21 heavy (non-hydrogen) atoms. The number of nitrogens with zero attached hydrogens (tertiary/aromatic N) is 3. The van der Waals surface area contributed by atoms with Crippen molar-refractivity contribution in [2.24, 2.45) is 0 Å². The SMILES string of the molecule is CCCCCCCCCCCc1nnc(CO)n1CCC. The lowest BCUT2D eigenvalue weighted by Crippen LogP contribution is -2.07. The fourth-order valence-electron chi connectivity index (χ4n) is 2.75. The van der Waals surface area contributed by atoms with Gasteiger partial charge in [0.25, 0.3) is 0 Å². The lowest BCUT2D eigenvalue weighted by Gasteiger charge is -2.07. The summed E-state index contributed by atoms with van der Waals surface area (Å²) in [5.41, 5.74) is 0. The fourth-order valence-corrected chi connectivity index (χ4v) is 2.75. The molecule has 0 aliphatic heterocycles. The highest BCUT2D eigenvalue weighted by atomic mass is 16.3. The van der Waals surface area contributed by atoms with Gasteiger partial charge in [-0.1, -0.05) is 65.2 Å². The van der Waals surface area contributed by atoms with Crippen LogP contribution in [-0.2, 0) is 19.6 Å². The first kappa shape index (κ1) is 18.1. The molecule has 0 saturated heterocycles. The van der Waals surface area contributed by atoms with Crippen LogP contribution in [0.25, 0.3) is 0 Å². The summed E-state index contributed by atoms with van der Waals surface area (Å²) in [5.74, 6) is 1.76. The maximum absolute atomic E-state index is 9.27. The van der Waals surface area contributed by atoms with E-state index in [9.17, 15) is 5.11 Å². The van der Waals surface area contributed by atoms with Crippen LogP contribution in [-0.4, -0.2) is 19.9 Å². The molecule has 0 aliphatic rings. The zero-order chi connectivity index (χ0) is 15.3. The maximum Gasteiger partial charge on any atom is 0.158 e. The van der Waals surface area contributed by atoms with Gasteiger partial charge in [-0.15, -0.1) is 10.2 Å². The molecule has 0 unspecified atom stereocenters. The molecule has 0 bridgehead atoms. The van der Waals surface area contributed by atoms with E-state index < -0.39 is 0 Å². The van der Waals surface area contributed by atoms with Gasteiger partial charge in [-0.25, -0.2) is 0 Å².